The normalized spacial score (nSPS) is 21.0. The van der Waals surface area contributed by atoms with Gasteiger partial charge in [0, 0.05) is 19.1 Å². The smallest absolute Gasteiger partial charge is 0.119 e. The van der Waals surface area contributed by atoms with Crippen LogP contribution in [0.2, 0.25) is 0 Å². The topological polar surface area (TPSA) is 24.5 Å². The standard InChI is InChI=1S/C18H30N2O/c1-15-14-19-10-5-11-20(15)12-13-21-17-8-6-16(7-9-17)18(2,3)4/h6-9,15,19H,5,10-14H2,1-4H3. The van der Waals surface area contributed by atoms with Gasteiger partial charge in [0.25, 0.3) is 0 Å². The van der Waals surface area contributed by atoms with Crippen molar-refractivity contribution < 1.29 is 4.74 Å². The summed E-state index contributed by atoms with van der Waals surface area (Å²) in [6, 6.07) is 9.13. The van der Waals surface area contributed by atoms with E-state index in [4.69, 9.17) is 4.74 Å². The quantitative estimate of drug-likeness (QED) is 0.922. The molecular weight excluding hydrogens is 260 g/mol. The van der Waals surface area contributed by atoms with Crippen molar-refractivity contribution in [2.75, 3.05) is 32.8 Å². The lowest BCUT2D eigenvalue weighted by atomic mass is 9.87. The molecule has 1 aliphatic heterocycles. The predicted octanol–water partition coefficient (Wildman–Crippen LogP) is 3.05. The lowest BCUT2D eigenvalue weighted by molar-refractivity contribution is 0.176. The van der Waals surface area contributed by atoms with Crippen LogP contribution in [-0.4, -0.2) is 43.7 Å². The number of hydrogen-bond acceptors (Lipinski definition) is 3. The van der Waals surface area contributed by atoms with Crippen molar-refractivity contribution in [2.45, 2.75) is 45.6 Å². The highest BCUT2D eigenvalue weighted by atomic mass is 16.5. The summed E-state index contributed by atoms with van der Waals surface area (Å²) in [5.41, 5.74) is 1.55. The molecule has 1 N–H and O–H groups in total. The lowest BCUT2D eigenvalue weighted by Crippen LogP contribution is -2.39. The maximum absolute atomic E-state index is 5.90. The second kappa shape index (κ2) is 7.28. The number of nitrogens with one attached hydrogen (secondary N) is 1. The molecule has 21 heavy (non-hydrogen) atoms. The Morgan fingerprint density at radius 1 is 1.24 bits per heavy atom. The SMILES string of the molecule is CC1CNCCCN1CCOc1ccc(C(C)(C)C)cc1. The molecule has 0 amide bonds. The van der Waals surface area contributed by atoms with Crippen LogP contribution in [0.4, 0.5) is 0 Å². The van der Waals surface area contributed by atoms with Crippen molar-refractivity contribution >= 4 is 0 Å². The maximum atomic E-state index is 5.90. The highest BCUT2D eigenvalue weighted by Gasteiger charge is 2.16. The molecule has 2 rings (SSSR count). The van der Waals surface area contributed by atoms with Gasteiger partial charge in [-0.3, -0.25) is 4.90 Å². The van der Waals surface area contributed by atoms with Gasteiger partial charge in [-0.05, 0) is 49.5 Å². The first kappa shape index (κ1) is 16.3. The number of rotatable bonds is 4. The molecule has 0 spiro atoms. The van der Waals surface area contributed by atoms with Gasteiger partial charge in [-0.25, -0.2) is 0 Å². The van der Waals surface area contributed by atoms with Crippen LogP contribution in [0.1, 0.15) is 39.7 Å². The summed E-state index contributed by atoms with van der Waals surface area (Å²) in [4.78, 5) is 2.52. The van der Waals surface area contributed by atoms with Gasteiger partial charge in [0.1, 0.15) is 12.4 Å². The van der Waals surface area contributed by atoms with E-state index in [1.807, 2.05) is 0 Å². The molecule has 1 aliphatic rings. The fraction of sp³-hybridized carbons (Fsp3) is 0.667. The first-order chi connectivity index (χ1) is 9.97. The van der Waals surface area contributed by atoms with E-state index in [1.54, 1.807) is 0 Å². The van der Waals surface area contributed by atoms with Crippen LogP contribution in [0.3, 0.4) is 0 Å². The van der Waals surface area contributed by atoms with Crippen LogP contribution in [0.15, 0.2) is 24.3 Å². The summed E-state index contributed by atoms with van der Waals surface area (Å²) >= 11 is 0. The van der Waals surface area contributed by atoms with Crippen molar-refractivity contribution in [2.24, 2.45) is 0 Å². The van der Waals surface area contributed by atoms with Crippen molar-refractivity contribution in [1.82, 2.24) is 10.2 Å². The highest BCUT2D eigenvalue weighted by molar-refractivity contribution is 5.31. The largest absolute Gasteiger partial charge is 0.492 e. The average molecular weight is 290 g/mol. The first-order valence-electron chi connectivity index (χ1n) is 8.15. The van der Waals surface area contributed by atoms with Crippen LogP contribution < -0.4 is 10.1 Å². The Kier molecular flexibility index (Phi) is 5.65. The third kappa shape index (κ3) is 5.01. The zero-order valence-corrected chi connectivity index (χ0v) is 14.0. The van der Waals surface area contributed by atoms with E-state index in [1.165, 1.54) is 18.5 Å². The Morgan fingerprint density at radius 3 is 2.62 bits per heavy atom. The van der Waals surface area contributed by atoms with Gasteiger partial charge in [0.05, 0.1) is 0 Å². The number of benzene rings is 1. The van der Waals surface area contributed by atoms with E-state index in [9.17, 15) is 0 Å². The highest BCUT2D eigenvalue weighted by Crippen LogP contribution is 2.24. The van der Waals surface area contributed by atoms with Crippen LogP contribution in [0.25, 0.3) is 0 Å². The Morgan fingerprint density at radius 2 is 1.95 bits per heavy atom. The zero-order chi connectivity index (χ0) is 15.3. The molecule has 1 unspecified atom stereocenters. The minimum Gasteiger partial charge on any atom is -0.492 e. The van der Waals surface area contributed by atoms with E-state index in [2.05, 4.69) is 62.2 Å². The fourth-order valence-electron chi connectivity index (χ4n) is 2.73. The van der Waals surface area contributed by atoms with Crippen molar-refractivity contribution in [1.29, 1.82) is 0 Å². The summed E-state index contributed by atoms with van der Waals surface area (Å²) in [6.07, 6.45) is 1.23. The van der Waals surface area contributed by atoms with Gasteiger partial charge in [-0.2, -0.15) is 0 Å². The van der Waals surface area contributed by atoms with Crippen LogP contribution in [0, 0.1) is 0 Å². The first-order valence-corrected chi connectivity index (χ1v) is 8.15. The Hall–Kier alpha value is -1.06. The van der Waals surface area contributed by atoms with E-state index in [0.717, 1.165) is 32.0 Å². The molecule has 1 fully saturated rings. The lowest BCUT2D eigenvalue weighted by Gasteiger charge is -2.26. The molecule has 0 radical (unpaired) electrons. The van der Waals surface area contributed by atoms with E-state index in [-0.39, 0.29) is 5.41 Å². The molecule has 0 aromatic heterocycles. The zero-order valence-electron chi connectivity index (χ0n) is 14.0. The third-order valence-corrected chi connectivity index (χ3v) is 4.23. The van der Waals surface area contributed by atoms with E-state index in [0.29, 0.717) is 6.04 Å². The summed E-state index contributed by atoms with van der Waals surface area (Å²) in [5, 5.41) is 3.47. The van der Waals surface area contributed by atoms with Crippen molar-refractivity contribution in [3.8, 4) is 5.75 Å². The molecular formula is C18H30N2O. The van der Waals surface area contributed by atoms with Crippen molar-refractivity contribution in [3.05, 3.63) is 29.8 Å². The molecule has 0 aliphatic carbocycles. The van der Waals surface area contributed by atoms with Gasteiger partial charge in [-0.1, -0.05) is 32.9 Å². The summed E-state index contributed by atoms with van der Waals surface area (Å²) in [6.45, 7) is 14.1. The minimum absolute atomic E-state index is 0.201. The Balaban J connectivity index is 1.80. The monoisotopic (exact) mass is 290 g/mol. The molecule has 1 atom stereocenters. The Labute approximate surface area is 129 Å². The van der Waals surface area contributed by atoms with Gasteiger partial charge < -0.3 is 10.1 Å². The summed E-state index contributed by atoms with van der Waals surface area (Å²) < 4.78 is 5.90. The summed E-state index contributed by atoms with van der Waals surface area (Å²) in [7, 11) is 0. The molecule has 1 aromatic rings. The Bertz CT molecular complexity index is 422. The molecule has 0 bridgehead atoms. The number of nitrogens with zero attached hydrogens (tertiary/aromatic N) is 1. The second-order valence-corrected chi connectivity index (χ2v) is 7.07. The van der Waals surface area contributed by atoms with Gasteiger partial charge in [0.2, 0.25) is 0 Å². The fourth-order valence-corrected chi connectivity index (χ4v) is 2.73. The molecule has 118 valence electrons. The van der Waals surface area contributed by atoms with Gasteiger partial charge >= 0.3 is 0 Å². The van der Waals surface area contributed by atoms with Crippen molar-refractivity contribution in [3.63, 3.8) is 0 Å². The predicted molar refractivity (Wildman–Crippen MR) is 89.2 cm³/mol. The number of ether oxygens (including phenoxy) is 1. The number of hydrogen-bond donors (Lipinski definition) is 1. The summed E-state index contributed by atoms with van der Waals surface area (Å²) in [5.74, 6) is 0.976. The van der Waals surface area contributed by atoms with Crippen LogP contribution in [-0.2, 0) is 5.41 Å². The molecule has 0 saturated carbocycles. The third-order valence-electron chi connectivity index (χ3n) is 4.23. The maximum Gasteiger partial charge on any atom is 0.119 e. The average Bonchev–Trinajstić information content (AvgIpc) is 2.64. The van der Waals surface area contributed by atoms with E-state index >= 15 is 0 Å². The second-order valence-electron chi connectivity index (χ2n) is 7.07. The minimum atomic E-state index is 0.201. The molecule has 1 heterocycles. The molecule has 1 saturated heterocycles. The molecule has 3 heteroatoms. The molecule has 1 aromatic carbocycles. The molecule has 3 nitrogen and oxygen atoms in total. The van der Waals surface area contributed by atoms with Gasteiger partial charge in [0.15, 0.2) is 0 Å². The van der Waals surface area contributed by atoms with Crippen LogP contribution >= 0.6 is 0 Å². The van der Waals surface area contributed by atoms with Crippen LogP contribution in [0.5, 0.6) is 5.75 Å². The van der Waals surface area contributed by atoms with E-state index < -0.39 is 0 Å². The van der Waals surface area contributed by atoms with Gasteiger partial charge in [-0.15, -0.1) is 0 Å².